The van der Waals surface area contributed by atoms with Gasteiger partial charge in [0.15, 0.2) is 0 Å². The third-order valence-corrected chi connectivity index (χ3v) is 5.70. The van der Waals surface area contributed by atoms with E-state index in [1.165, 1.54) is 5.69 Å². The molecule has 1 aromatic rings. The topological polar surface area (TPSA) is 52.8 Å². The number of carbonyl (C=O) groups excluding carboxylic acids is 1. The summed E-state index contributed by atoms with van der Waals surface area (Å²) in [6.45, 7) is 11.7. The van der Waals surface area contributed by atoms with Crippen molar-refractivity contribution >= 4 is 11.6 Å². The van der Waals surface area contributed by atoms with Crippen molar-refractivity contribution in [3.8, 4) is 0 Å². The first-order valence-electron chi connectivity index (χ1n) is 9.61. The molecule has 2 fully saturated rings. The predicted octanol–water partition coefficient (Wildman–Crippen LogP) is 2.17. The minimum absolute atomic E-state index is 0.135. The van der Waals surface area contributed by atoms with Crippen molar-refractivity contribution in [2.45, 2.75) is 51.7 Å². The van der Waals surface area contributed by atoms with Crippen LogP contribution in [0.15, 0.2) is 24.3 Å². The predicted molar refractivity (Wildman–Crippen MR) is 103 cm³/mol. The zero-order chi connectivity index (χ0) is 18.0. The Morgan fingerprint density at radius 2 is 1.72 bits per heavy atom. The second-order valence-corrected chi connectivity index (χ2v) is 7.80. The third kappa shape index (κ3) is 4.15. The lowest BCUT2D eigenvalue weighted by Gasteiger charge is -2.38. The van der Waals surface area contributed by atoms with E-state index in [-0.39, 0.29) is 18.0 Å². The van der Waals surface area contributed by atoms with Crippen molar-refractivity contribution in [2.24, 2.45) is 5.73 Å². The Balaban J connectivity index is 1.61. The highest BCUT2D eigenvalue weighted by Crippen LogP contribution is 2.22. The van der Waals surface area contributed by atoms with Gasteiger partial charge in [-0.25, -0.2) is 0 Å². The number of carbonyl (C=O) groups is 1. The van der Waals surface area contributed by atoms with Crippen LogP contribution in [-0.4, -0.2) is 66.6 Å². The molecule has 0 aromatic heterocycles. The average molecular weight is 345 g/mol. The first-order chi connectivity index (χ1) is 12.0. The van der Waals surface area contributed by atoms with Gasteiger partial charge in [0.05, 0.1) is 0 Å². The number of hydrogen-bond donors (Lipinski definition) is 1. The molecule has 0 radical (unpaired) electrons. The normalized spacial score (nSPS) is 25.5. The van der Waals surface area contributed by atoms with Crippen LogP contribution in [0.5, 0.6) is 0 Å². The maximum absolute atomic E-state index is 12.8. The van der Waals surface area contributed by atoms with Crippen molar-refractivity contribution in [3.05, 3.63) is 29.8 Å². The highest BCUT2D eigenvalue weighted by atomic mass is 16.2. The minimum Gasteiger partial charge on any atom is -0.369 e. The number of hydrogen-bond acceptors (Lipinski definition) is 4. The van der Waals surface area contributed by atoms with Crippen molar-refractivity contribution in [1.82, 2.24) is 9.80 Å². The molecule has 2 heterocycles. The van der Waals surface area contributed by atoms with E-state index in [0.29, 0.717) is 6.04 Å². The van der Waals surface area contributed by atoms with Crippen LogP contribution < -0.4 is 10.6 Å². The number of benzene rings is 1. The molecule has 2 N–H and O–H groups in total. The van der Waals surface area contributed by atoms with E-state index in [0.717, 1.165) is 51.1 Å². The number of rotatable bonds is 3. The molecule has 138 valence electrons. The lowest BCUT2D eigenvalue weighted by molar-refractivity contribution is 0.0619. The lowest BCUT2D eigenvalue weighted by Crippen LogP contribution is -2.49. The number of likely N-dealkylation sites (tertiary alicyclic amines) is 1. The second-order valence-electron chi connectivity index (χ2n) is 7.80. The van der Waals surface area contributed by atoms with Crippen LogP contribution in [0.25, 0.3) is 0 Å². The van der Waals surface area contributed by atoms with Crippen molar-refractivity contribution in [2.75, 3.05) is 37.6 Å². The van der Waals surface area contributed by atoms with Gasteiger partial charge in [-0.05, 0) is 57.9 Å². The Bertz CT molecular complexity index is 578. The Kier molecular flexibility index (Phi) is 5.64. The fourth-order valence-electron chi connectivity index (χ4n) is 3.99. The molecule has 2 atom stereocenters. The number of nitrogens with zero attached hydrogens (tertiary/aromatic N) is 3. The van der Waals surface area contributed by atoms with Crippen LogP contribution in [0.3, 0.4) is 0 Å². The number of piperazine rings is 1. The summed E-state index contributed by atoms with van der Waals surface area (Å²) in [6, 6.07) is 9.21. The maximum atomic E-state index is 12.8. The fourth-order valence-corrected chi connectivity index (χ4v) is 3.99. The first-order valence-corrected chi connectivity index (χ1v) is 9.61. The van der Waals surface area contributed by atoms with E-state index in [4.69, 9.17) is 5.73 Å². The molecular formula is C20H32N4O. The molecular weight excluding hydrogens is 312 g/mol. The highest BCUT2D eigenvalue weighted by Gasteiger charge is 2.27. The highest BCUT2D eigenvalue weighted by molar-refractivity contribution is 5.94. The van der Waals surface area contributed by atoms with Crippen molar-refractivity contribution in [3.63, 3.8) is 0 Å². The van der Waals surface area contributed by atoms with Crippen LogP contribution in [0, 0.1) is 0 Å². The summed E-state index contributed by atoms with van der Waals surface area (Å²) in [4.78, 5) is 19.7. The molecule has 5 heteroatoms. The third-order valence-electron chi connectivity index (χ3n) is 5.70. The Hall–Kier alpha value is -1.59. The summed E-state index contributed by atoms with van der Waals surface area (Å²) >= 11 is 0. The smallest absolute Gasteiger partial charge is 0.254 e. The van der Waals surface area contributed by atoms with E-state index >= 15 is 0 Å². The summed E-state index contributed by atoms with van der Waals surface area (Å²) in [6.07, 6.45) is 1.79. The Morgan fingerprint density at radius 3 is 2.28 bits per heavy atom. The summed E-state index contributed by atoms with van der Waals surface area (Å²) in [7, 11) is 0. The van der Waals surface area contributed by atoms with Crippen LogP contribution in [0.1, 0.15) is 44.0 Å². The molecule has 2 saturated heterocycles. The number of amides is 1. The van der Waals surface area contributed by atoms with Crippen LogP contribution >= 0.6 is 0 Å². The van der Waals surface area contributed by atoms with Crippen LogP contribution in [0.2, 0.25) is 0 Å². The molecule has 0 aliphatic carbocycles. The summed E-state index contributed by atoms with van der Waals surface area (Å²) in [5.41, 5.74) is 8.01. The second kappa shape index (κ2) is 7.75. The molecule has 0 unspecified atom stereocenters. The van der Waals surface area contributed by atoms with Crippen LogP contribution in [-0.2, 0) is 0 Å². The Morgan fingerprint density at radius 1 is 1.08 bits per heavy atom. The van der Waals surface area contributed by atoms with Gasteiger partial charge in [-0.1, -0.05) is 0 Å². The molecule has 0 spiro atoms. The quantitative estimate of drug-likeness (QED) is 0.913. The summed E-state index contributed by atoms with van der Waals surface area (Å²) < 4.78 is 0. The van der Waals surface area contributed by atoms with Gasteiger partial charge in [-0.2, -0.15) is 0 Å². The summed E-state index contributed by atoms with van der Waals surface area (Å²) in [5.74, 6) is 0.135. The van der Waals surface area contributed by atoms with Gasteiger partial charge < -0.3 is 15.5 Å². The zero-order valence-corrected chi connectivity index (χ0v) is 15.8. The fraction of sp³-hybridized carbons (Fsp3) is 0.650. The Labute approximate surface area is 151 Å². The van der Waals surface area contributed by atoms with Gasteiger partial charge in [-0.3, -0.25) is 9.69 Å². The SMILES string of the molecule is CC(C)N1CCN(c2ccc(C(=O)N3CC[C@@H](N)C[C@H]3C)cc2)CC1. The zero-order valence-electron chi connectivity index (χ0n) is 15.8. The molecule has 3 rings (SSSR count). The monoisotopic (exact) mass is 344 g/mol. The molecule has 2 aliphatic heterocycles. The number of piperidine rings is 1. The number of anilines is 1. The first kappa shape index (κ1) is 18.2. The van der Waals surface area contributed by atoms with E-state index in [9.17, 15) is 4.79 Å². The van der Waals surface area contributed by atoms with Crippen LogP contribution in [0.4, 0.5) is 5.69 Å². The maximum Gasteiger partial charge on any atom is 0.254 e. The standard InChI is InChI=1S/C20H32N4O/c1-15(2)22-10-12-23(13-11-22)19-6-4-17(5-7-19)20(25)24-9-8-18(21)14-16(24)3/h4-7,15-16,18H,8-14,21H2,1-3H3/t16-,18-/m1/s1. The summed E-state index contributed by atoms with van der Waals surface area (Å²) in [5, 5.41) is 0. The van der Waals surface area contributed by atoms with Gasteiger partial charge in [0, 0.05) is 62.1 Å². The largest absolute Gasteiger partial charge is 0.369 e. The van der Waals surface area contributed by atoms with Crippen molar-refractivity contribution in [1.29, 1.82) is 0 Å². The molecule has 0 bridgehead atoms. The molecule has 1 aromatic carbocycles. The number of nitrogens with two attached hydrogens (primary N) is 1. The van der Waals surface area contributed by atoms with Crippen molar-refractivity contribution < 1.29 is 4.79 Å². The van der Waals surface area contributed by atoms with Gasteiger partial charge in [0.25, 0.3) is 5.91 Å². The van der Waals surface area contributed by atoms with Gasteiger partial charge in [0.1, 0.15) is 0 Å². The van der Waals surface area contributed by atoms with Gasteiger partial charge in [0.2, 0.25) is 0 Å². The molecule has 2 aliphatic rings. The van der Waals surface area contributed by atoms with Gasteiger partial charge >= 0.3 is 0 Å². The van der Waals surface area contributed by atoms with Gasteiger partial charge in [-0.15, -0.1) is 0 Å². The molecule has 0 saturated carbocycles. The minimum atomic E-state index is 0.135. The molecule has 25 heavy (non-hydrogen) atoms. The lowest BCUT2D eigenvalue weighted by atomic mass is 9.98. The molecule has 5 nitrogen and oxygen atoms in total. The van der Waals surface area contributed by atoms with E-state index in [1.54, 1.807) is 0 Å². The van der Waals surface area contributed by atoms with E-state index in [1.807, 2.05) is 17.0 Å². The van der Waals surface area contributed by atoms with E-state index in [2.05, 4.69) is 42.7 Å². The molecule has 1 amide bonds. The van der Waals surface area contributed by atoms with E-state index < -0.39 is 0 Å². The average Bonchev–Trinajstić information content (AvgIpc) is 2.61.